The van der Waals surface area contributed by atoms with Gasteiger partial charge in [0.2, 0.25) is 17.7 Å². The second kappa shape index (κ2) is 8.43. The lowest BCUT2D eigenvalue weighted by atomic mass is 9.70. The summed E-state index contributed by atoms with van der Waals surface area (Å²) in [6, 6.07) is 4.30. The van der Waals surface area contributed by atoms with Crippen LogP contribution in [0.1, 0.15) is 30.9 Å². The van der Waals surface area contributed by atoms with Gasteiger partial charge in [-0.25, -0.2) is 0 Å². The van der Waals surface area contributed by atoms with Crippen LogP contribution < -0.4 is 10.6 Å². The maximum absolute atomic E-state index is 13.8. The predicted octanol–water partition coefficient (Wildman–Crippen LogP) is 1.51. The van der Waals surface area contributed by atoms with Gasteiger partial charge in [-0.1, -0.05) is 35.0 Å². The predicted molar refractivity (Wildman–Crippen MR) is 122 cm³/mol. The minimum absolute atomic E-state index is 0.154. The lowest BCUT2D eigenvalue weighted by Crippen LogP contribution is -2.56. The van der Waals surface area contributed by atoms with Crippen molar-refractivity contribution < 1.29 is 24.2 Å². The first kappa shape index (κ1) is 23.2. The maximum Gasteiger partial charge on any atom is 0.250 e. The van der Waals surface area contributed by atoms with Gasteiger partial charge in [-0.2, -0.15) is 0 Å². The first-order chi connectivity index (χ1) is 15.2. The molecule has 8 nitrogen and oxygen atoms in total. The average molecular weight is 508 g/mol. The minimum atomic E-state index is -1.13. The highest BCUT2D eigenvalue weighted by atomic mass is 79.9. The van der Waals surface area contributed by atoms with Crippen molar-refractivity contribution in [2.75, 3.05) is 19.0 Å². The number of amides is 3. The van der Waals surface area contributed by atoms with Crippen LogP contribution in [-0.2, 0) is 19.1 Å². The highest BCUT2D eigenvalue weighted by molar-refractivity contribution is 9.09. The van der Waals surface area contributed by atoms with Crippen LogP contribution in [0.15, 0.2) is 18.2 Å². The highest BCUT2D eigenvalue weighted by Gasteiger charge is 2.76. The van der Waals surface area contributed by atoms with Gasteiger partial charge in [0, 0.05) is 17.6 Å². The molecule has 1 aromatic rings. The van der Waals surface area contributed by atoms with Crippen molar-refractivity contribution in [3.05, 3.63) is 29.3 Å². The number of likely N-dealkylation sites (tertiary alicyclic amines) is 1. The van der Waals surface area contributed by atoms with E-state index in [0.717, 1.165) is 11.1 Å². The van der Waals surface area contributed by atoms with Crippen LogP contribution in [0.25, 0.3) is 0 Å². The summed E-state index contributed by atoms with van der Waals surface area (Å²) >= 11 is 3.62. The van der Waals surface area contributed by atoms with Gasteiger partial charge < -0.3 is 25.4 Å². The summed E-state index contributed by atoms with van der Waals surface area (Å²) in [6.07, 6.45) is 0.422. The number of alkyl halides is 1. The van der Waals surface area contributed by atoms with E-state index in [2.05, 4.69) is 26.6 Å². The third-order valence-corrected chi connectivity index (χ3v) is 8.10. The van der Waals surface area contributed by atoms with E-state index in [-0.39, 0.29) is 29.2 Å². The van der Waals surface area contributed by atoms with E-state index < -0.39 is 35.6 Å². The average Bonchev–Trinajstić information content (AvgIpc) is 3.35. The number of benzene rings is 1. The Morgan fingerprint density at radius 3 is 2.69 bits per heavy atom. The molecule has 3 N–H and O–H groups in total. The number of aliphatic hydroxyl groups excluding tert-OH is 1. The topological polar surface area (TPSA) is 108 Å². The molecule has 0 aromatic heterocycles. The van der Waals surface area contributed by atoms with Crippen molar-refractivity contribution in [2.45, 2.75) is 62.2 Å². The minimum Gasteiger partial charge on any atom is -0.394 e. The Morgan fingerprint density at radius 2 is 2.06 bits per heavy atom. The van der Waals surface area contributed by atoms with Crippen molar-refractivity contribution in [3.8, 4) is 0 Å². The standard InChI is InChI=1S/C23H30BrN3O5/c1-5-13(10-28)27-19(21(30)26-15-8-11(2)6-7-12(15)3)23-9-14(24)18(32-23)16(20(29)25-4)17(23)22(27)31/h6-8,13-14,16-19,28H,5,9-10H2,1-4H3,(H,25,29)(H,26,30)/t13-,14?,16+,17-,18+,19?,23?/m0/s1. The number of nitrogens with one attached hydrogen (secondary N) is 2. The van der Waals surface area contributed by atoms with Crippen molar-refractivity contribution in [1.82, 2.24) is 10.2 Å². The molecular formula is C23H30BrN3O5. The molecule has 3 heterocycles. The normalized spacial score (nSPS) is 33.9. The van der Waals surface area contributed by atoms with Gasteiger partial charge in [0.05, 0.1) is 30.6 Å². The third kappa shape index (κ3) is 3.28. The van der Waals surface area contributed by atoms with Crippen LogP contribution >= 0.6 is 15.9 Å². The van der Waals surface area contributed by atoms with Gasteiger partial charge in [0.25, 0.3) is 0 Å². The van der Waals surface area contributed by atoms with Crippen LogP contribution in [0.5, 0.6) is 0 Å². The Hall–Kier alpha value is -1.97. The summed E-state index contributed by atoms with van der Waals surface area (Å²) in [4.78, 5) is 41.6. The zero-order valence-electron chi connectivity index (χ0n) is 18.7. The zero-order valence-corrected chi connectivity index (χ0v) is 20.3. The summed E-state index contributed by atoms with van der Waals surface area (Å²) in [5.41, 5.74) is 1.45. The van der Waals surface area contributed by atoms with Gasteiger partial charge >= 0.3 is 0 Å². The number of aliphatic hydroxyl groups is 1. The number of carbonyl (C=O) groups is 3. The van der Waals surface area contributed by atoms with Crippen LogP contribution in [0.2, 0.25) is 0 Å². The second-order valence-corrected chi connectivity index (χ2v) is 10.3. The number of nitrogens with zero attached hydrogens (tertiary/aromatic N) is 1. The van der Waals surface area contributed by atoms with Gasteiger partial charge in [0.15, 0.2) is 0 Å². The quantitative estimate of drug-likeness (QED) is 0.505. The molecule has 174 valence electrons. The number of ether oxygens (including phenoxy) is 1. The van der Waals surface area contributed by atoms with Crippen LogP contribution in [0, 0.1) is 25.7 Å². The number of hydrogen-bond acceptors (Lipinski definition) is 5. The summed E-state index contributed by atoms with van der Waals surface area (Å²) < 4.78 is 6.38. The fourth-order valence-corrected chi connectivity index (χ4v) is 6.65. The number of aryl methyl sites for hydroxylation is 2. The number of anilines is 1. The monoisotopic (exact) mass is 507 g/mol. The van der Waals surface area contributed by atoms with E-state index in [1.165, 1.54) is 11.9 Å². The smallest absolute Gasteiger partial charge is 0.250 e. The van der Waals surface area contributed by atoms with Crippen LogP contribution in [0.4, 0.5) is 5.69 Å². The van der Waals surface area contributed by atoms with Gasteiger partial charge in [-0.3, -0.25) is 14.4 Å². The fourth-order valence-electron chi connectivity index (χ4n) is 5.71. The van der Waals surface area contributed by atoms with E-state index in [0.29, 0.717) is 18.5 Å². The van der Waals surface area contributed by atoms with Gasteiger partial charge in [-0.05, 0) is 43.9 Å². The summed E-state index contributed by atoms with van der Waals surface area (Å²) in [5.74, 6) is -2.40. The van der Waals surface area contributed by atoms with Crippen LogP contribution in [-0.4, -0.2) is 70.0 Å². The van der Waals surface area contributed by atoms with Gasteiger partial charge in [0.1, 0.15) is 11.6 Å². The molecule has 9 heteroatoms. The molecule has 1 spiro atoms. The lowest BCUT2D eigenvalue weighted by Gasteiger charge is -2.36. The van der Waals surface area contributed by atoms with Crippen LogP contribution in [0.3, 0.4) is 0 Å². The summed E-state index contributed by atoms with van der Waals surface area (Å²) in [7, 11) is 1.54. The van der Waals surface area contributed by atoms with E-state index in [9.17, 15) is 19.5 Å². The molecule has 0 aliphatic carbocycles. The molecule has 3 aliphatic rings. The SMILES string of the molecule is CC[C@@H](CO)N1C(=O)[C@@H]2[C@@H](C(=O)NC)[C@@H]3OC2(CC3Br)C1C(=O)Nc1cc(C)ccc1C. The molecule has 0 radical (unpaired) electrons. The molecule has 3 amide bonds. The molecule has 2 bridgehead atoms. The highest BCUT2D eigenvalue weighted by Crippen LogP contribution is 2.60. The van der Waals surface area contributed by atoms with Gasteiger partial charge in [-0.15, -0.1) is 0 Å². The van der Waals surface area contributed by atoms with Crippen molar-refractivity contribution in [2.24, 2.45) is 11.8 Å². The number of fused-ring (bicyclic) bond motifs is 1. The molecular weight excluding hydrogens is 478 g/mol. The Bertz CT molecular complexity index is 952. The van der Waals surface area contributed by atoms with Crippen molar-refractivity contribution >= 4 is 39.3 Å². The lowest BCUT2D eigenvalue weighted by molar-refractivity contribution is -0.144. The van der Waals surface area contributed by atoms with E-state index >= 15 is 0 Å². The summed E-state index contributed by atoms with van der Waals surface area (Å²) in [6.45, 7) is 5.44. The Balaban J connectivity index is 1.79. The zero-order chi connectivity index (χ0) is 23.4. The largest absolute Gasteiger partial charge is 0.394 e. The second-order valence-electron chi connectivity index (χ2n) is 9.08. The van der Waals surface area contributed by atoms with E-state index in [4.69, 9.17) is 4.74 Å². The Kier molecular flexibility index (Phi) is 6.11. The molecule has 4 rings (SSSR count). The summed E-state index contributed by atoms with van der Waals surface area (Å²) in [5, 5.41) is 15.7. The van der Waals surface area contributed by atoms with Crippen molar-refractivity contribution in [1.29, 1.82) is 0 Å². The molecule has 32 heavy (non-hydrogen) atoms. The molecule has 3 saturated heterocycles. The van der Waals surface area contributed by atoms with E-state index in [1.54, 1.807) is 0 Å². The molecule has 7 atom stereocenters. The molecule has 0 saturated carbocycles. The maximum atomic E-state index is 13.8. The Labute approximate surface area is 196 Å². The fraction of sp³-hybridized carbons (Fsp3) is 0.609. The van der Waals surface area contributed by atoms with Crippen molar-refractivity contribution in [3.63, 3.8) is 0 Å². The number of carbonyl (C=O) groups excluding carboxylic acids is 3. The van der Waals surface area contributed by atoms with E-state index in [1.807, 2.05) is 39.0 Å². The molecule has 1 aromatic carbocycles. The number of halogens is 1. The molecule has 3 unspecified atom stereocenters. The Morgan fingerprint density at radius 1 is 1.34 bits per heavy atom. The molecule has 3 aliphatic heterocycles. The number of hydrogen-bond donors (Lipinski definition) is 3. The third-order valence-electron chi connectivity index (χ3n) is 7.25. The first-order valence-corrected chi connectivity index (χ1v) is 12.0. The first-order valence-electron chi connectivity index (χ1n) is 11.0. The number of rotatable bonds is 6. The molecule has 3 fully saturated rings.